The zero-order chi connectivity index (χ0) is 24.6. The molecule has 0 aromatic heterocycles. The molecule has 0 saturated carbocycles. The third kappa shape index (κ3) is 8.20. The third-order valence-corrected chi connectivity index (χ3v) is 6.99. The van der Waals surface area contributed by atoms with Gasteiger partial charge in [0.15, 0.2) is 9.84 Å². The highest BCUT2D eigenvalue weighted by atomic mass is 32.2. The van der Waals surface area contributed by atoms with Crippen molar-refractivity contribution in [1.29, 1.82) is 0 Å². The van der Waals surface area contributed by atoms with Crippen molar-refractivity contribution in [3.05, 3.63) is 54.1 Å². The molecule has 12 heteroatoms. The van der Waals surface area contributed by atoms with E-state index in [0.717, 1.165) is 6.26 Å². The first-order chi connectivity index (χ1) is 15.4. The summed E-state index contributed by atoms with van der Waals surface area (Å²) < 4.78 is 53.1. The first kappa shape index (κ1) is 26.4. The Labute approximate surface area is 192 Å². The summed E-state index contributed by atoms with van der Waals surface area (Å²) in [4.78, 5) is 23.1. The van der Waals surface area contributed by atoms with Gasteiger partial charge in [-0.05, 0) is 56.2 Å². The molecule has 0 radical (unpaired) electrons. The Morgan fingerprint density at radius 1 is 1.09 bits per heavy atom. The average Bonchev–Trinajstić information content (AvgIpc) is 2.72. The molecule has 0 saturated heterocycles. The van der Waals surface area contributed by atoms with Crippen LogP contribution in [0, 0.1) is 0 Å². The number of carbonyl (C=O) groups is 2. The van der Waals surface area contributed by atoms with Crippen LogP contribution in [-0.4, -0.2) is 44.4 Å². The number of hydrogen-bond acceptors (Lipinski definition) is 8. The first-order valence-corrected chi connectivity index (χ1v) is 13.4. The van der Waals surface area contributed by atoms with Crippen molar-refractivity contribution in [3.63, 3.8) is 0 Å². The molecule has 0 amide bonds. The third-order valence-electron chi connectivity index (χ3n) is 4.27. The minimum absolute atomic E-state index is 0.0253. The van der Waals surface area contributed by atoms with Crippen LogP contribution in [0.1, 0.15) is 25.8 Å². The molecule has 2 atom stereocenters. The summed E-state index contributed by atoms with van der Waals surface area (Å²) >= 11 is 0. The van der Waals surface area contributed by atoms with Crippen LogP contribution in [0.3, 0.4) is 0 Å². The standard InChI is InChI=1S/C21H26NO9PS/c1-4-29-21(25)15(2)22-32(26,30-17-10-12-18(13-11-17)33(3,27)28)31-19-8-6-5-7-16(19)9-14-20(23)24/h5-8,10-13,15H,4,9,14H2,1-3H3,(H,22,26)(H,23,24)/t15-,32?/m0/s1. The van der Waals surface area contributed by atoms with E-state index in [1.54, 1.807) is 25.1 Å². The highest BCUT2D eigenvalue weighted by molar-refractivity contribution is 7.90. The van der Waals surface area contributed by atoms with Gasteiger partial charge >= 0.3 is 19.7 Å². The van der Waals surface area contributed by atoms with Crippen LogP contribution in [0.15, 0.2) is 53.4 Å². The summed E-state index contributed by atoms with van der Waals surface area (Å²) in [6.07, 6.45) is 0.987. The Bertz CT molecular complexity index is 1130. The van der Waals surface area contributed by atoms with E-state index in [9.17, 15) is 22.6 Å². The second kappa shape index (κ2) is 11.3. The van der Waals surface area contributed by atoms with Gasteiger partial charge < -0.3 is 18.9 Å². The maximum absolute atomic E-state index is 13.6. The zero-order valence-electron chi connectivity index (χ0n) is 18.4. The predicted molar refractivity (Wildman–Crippen MR) is 120 cm³/mol. The topological polar surface area (TPSA) is 145 Å². The number of aryl methyl sites for hydroxylation is 1. The molecule has 1 unspecified atom stereocenters. The summed E-state index contributed by atoms with van der Waals surface area (Å²) in [6, 6.07) is 10.5. The van der Waals surface area contributed by atoms with Crippen molar-refractivity contribution in [2.75, 3.05) is 12.9 Å². The largest absolute Gasteiger partial charge is 0.513 e. The zero-order valence-corrected chi connectivity index (χ0v) is 20.1. The summed E-state index contributed by atoms with van der Waals surface area (Å²) in [5.41, 5.74) is 0.474. The van der Waals surface area contributed by atoms with Crippen molar-refractivity contribution in [2.24, 2.45) is 0 Å². The first-order valence-electron chi connectivity index (χ1n) is 9.97. The molecule has 180 valence electrons. The van der Waals surface area contributed by atoms with Gasteiger partial charge in [0.1, 0.15) is 17.5 Å². The van der Waals surface area contributed by atoms with Gasteiger partial charge in [-0.3, -0.25) is 9.59 Å². The molecule has 2 aromatic rings. The molecule has 0 heterocycles. The number of nitrogens with one attached hydrogen (secondary N) is 1. The molecule has 0 aliphatic rings. The SMILES string of the molecule is CCOC(=O)[C@H](C)NP(=O)(Oc1ccc(S(C)(=O)=O)cc1)Oc1ccccc1CCC(=O)O. The van der Waals surface area contributed by atoms with Crippen LogP contribution in [0.25, 0.3) is 0 Å². The van der Waals surface area contributed by atoms with E-state index >= 15 is 0 Å². The number of benzene rings is 2. The number of aliphatic carboxylic acids is 1. The molecule has 0 aliphatic heterocycles. The molecule has 0 bridgehead atoms. The Morgan fingerprint density at radius 3 is 2.30 bits per heavy atom. The molecule has 10 nitrogen and oxygen atoms in total. The number of carbonyl (C=O) groups excluding carboxylic acids is 1. The van der Waals surface area contributed by atoms with Crippen molar-refractivity contribution >= 4 is 29.5 Å². The van der Waals surface area contributed by atoms with Crippen LogP contribution >= 0.6 is 7.75 Å². The predicted octanol–water partition coefficient (Wildman–Crippen LogP) is 3.21. The molecule has 0 spiro atoms. The molecular weight excluding hydrogens is 473 g/mol. The van der Waals surface area contributed by atoms with E-state index in [2.05, 4.69) is 5.09 Å². The van der Waals surface area contributed by atoms with Gasteiger partial charge in [0.25, 0.3) is 0 Å². The van der Waals surface area contributed by atoms with Crippen molar-refractivity contribution in [1.82, 2.24) is 5.09 Å². The molecule has 0 aliphatic carbocycles. The van der Waals surface area contributed by atoms with Gasteiger partial charge in [-0.1, -0.05) is 18.2 Å². The minimum atomic E-state index is -4.27. The Morgan fingerprint density at radius 2 is 1.73 bits per heavy atom. The second-order valence-electron chi connectivity index (χ2n) is 7.03. The Hall–Kier alpha value is -2.88. The lowest BCUT2D eigenvalue weighted by Crippen LogP contribution is -2.35. The maximum atomic E-state index is 13.6. The fourth-order valence-corrected chi connectivity index (χ4v) is 4.87. The van der Waals surface area contributed by atoms with E-state index in [1.165, 1.54) is 37.3 Å². The number of carboxylic acids is 1. The highest BCUT2D eigenvalue weighted by Gasteiger charge is 2.34. The van der Waals surface area contributed by atoms with Crippen molar-refractivity contribution in [3.8, 4) is 11.5 Å². The van der Waals surface area contributed by atoms with Gasteiger partial charge in [-0.15, -0.1) is 0 Å². The fourth-order valence-electron chi connectivity index (χ4n) is 2.69. The van der Waals surface area contributed by atoms with Gasteiger partial charge in [-0.25, -0.2) is 13.0 Å². The lowest BCUT2D eigenvalue weighted by Gasteiger charge is -2.24. The quantitative estimate of drug-likeness (QED) is 0.330. The lowest BCUT2D eigenvalue weighted by molar-refractivity contribution is -0.144. The number of hydrogen-bond donors (Lipinski definition) is 2. The number of carboxylic acid groups (broad SMARTS) is 1. The summed E-state index contributed by atoms with van der Waals surface area (Å²) in [6.45, 7) is 3.15. The van der Waals surface area contributed by atoms with Crippen molar-refractivity contribution in [2.45, 2.75) is 37.6 Å². The lowest BCUT2D eigenvalue weighted by atomic mass is 10.1. The summed E-state index contributed by atoms with van der Waals surface area (Å²) in [5, 5.41) is 11.5. The van der Waals surface area contributed by atoms with Crippen LogP contribution in [0.4, 0.5) is 0 Å². The van der Waals surface area contributed by atoms with Crippen LogP contribution in [0.5, 0.6) is 11.5 Å². The monoisotopic (exact) mass is 499 g/mol. The van der Waals surface area contributed by atoms with Crippen LogP contribution in [-0.2, 0) is 35.1 Å². The minimum Gasteiger partial charge on any atom is -0.481 e. The number of ether oxygens (including phenoxy) is 1. The van der Waals surface area contributed by atoms with Crippen LogP contribution in [0.2, 0.25) is 0 Å². The van der Waals surface area contributed by atoms with Crippen LogP contribution < -0.4 is 14.1 Å². The molecule has 2 N–H and O–H groups in total. The number of para-hydroxylation sites is 1. The summed E-state index contributed by atoms with van der Waals surface area (Å²) in [7, 11) is -7.72. The number of esters is 1. The number of sulfone groups is 1. The van der Waals surface area contributed by atoms with Crippen molar-refractivity contribution < 1.29 is 41.5 Å². The van der Waals surface area contributed by atoms with E-state index in [4.69, 9.17) is 18.9 Å². The Balaban J connectivity index is 2.36. The smallest absolute Gasteiger partial charge is 0.481 e. The maximum Gasteiger partial charge on any atom is 0.513 e. The highest BCUT2D eigenvalue weighted by Crippen LogP contribution is 2.46. The molecule has 0 fully saturated rings. The molecule has 2 rings (SSSR count). The molecule has 2 aromatic carbocycles. The van der Waals surface area contributed by atoms with E-state index in [1.807, 2.05) is 0 Å². The molecule has 33 heavy (non-hydrogen) atoms. The fraction of sp³-hybridized carbons (Fsp3) is 0.333. The normalized spacial score (nSPS) is 14.0. The van der Waals surface area contributed by atoms with Gasteiger partial charge in [0, 0.05) is 12.7 Å². The average molecular weight is 499 g/mol. The van der Waals surface area contributed by atoms with E-state index in [0.29, 0.717) is 5.56 Å². The number of rotatable bonds is 12. The van der Waals surface area contributed by atoms with E-state index < -0.39 is 35.6 Å². The molecular formula is C21H26NO9PS. The van der Waals surface area contributed by atoms with Gasteiger partial charge in [0.2, 0.25) is 0 Å². The second-order valence-corrected chi connectivity index (χ2v) is 10.7. The van der Waals surface area contributed by atoms with E-state index in [-0.39, 0.29) is 35.8 Å². The summed E-state index contributed by atoms with van der Waals surface area (Å²) in [5.74, 6) is -1.56. The van der Waals surface area contributed by atoms with Gasteiger partial charge in [0.05, 0.1) is 11.5 Å². The van der Waals surface area contributed by atoms with Gasteiger partial charge in [-0.2, -0.15) is 5.09 Å². The Kier molecular flexibility index (Phi) is 9.04.